The number of pyridine rings is 1. The molecule has 0 aliphatic rings. The minimum Gasteiger partial charge on any atom is -0.303 e. The van der Waals surface area contributed by atoms with Crippen molar-refractivity contribution in [3.63, 3.8) is 0 Å². The number of rotatable bonds is 1. The highest BCUT2D eigenvalue weighted by Crippen LogP contribution is 2.28. The zero-order chi connectivity index (χ0) is 13.6. The van der Waals surface area contributed by atoms with E-state index in [1.54, 1.807) is 12.1 Å². The third kappa shape index (κ3) is 1.96. The summed E-state index contributed by atoms with van der Waals surface area (Å²) in [4.78, 5) is 4.55. The fourth-order valence-electron chi connectivity index (χ4n) is 2.19. The first-order valence-electron chi connectivity index (χ1n) is 5.97. The Morgan fingerprint density at radius 2 is 1.95 bits per heavy atom. The molecule has 1 aromatic carbocycles. The highest BCUT2D eigenvalue weighted by atomic mass is 79.9. The predicted octanol–water partition coefficient (Wildman–Crippen LogP) is 4.52. The second-order valence-electron chi connectivity index (χ2n) is 4.56. The summed E-state index contributed by atoms with van der Waals surface area (Å²) in [5.41, 5.74) is 4.10. The lowest BCUT2D eigenvalue weighted by Gasteiger charge is -2.02. The molecule has 3 rings (SSSR count). The Balaban J connectivity index is 2.32. The monoisotopic (exact) mass is 318 g/mol. The summed E-state index contributed by atoms with van der Waals surface area (Å²) in [5.74, 6) is -0.246. The number of hydrogen-bond acceptors (Lipinski definition) is 1. The first-order valence-corrected chi connectivity index (χ1v) is 6.77. The molecular weight excluding hydrogens is 307 g/mol. The van der Waals surface area contributed by atoms with E-state index in [1.807, 2.05) is 36.6 Å². The Bertz CT molecular complexity index is 777. The highest BCUT2D eigenvalue weighted by Gasteiger charge is 2.14. The third-order valence-corrected chi connectivity index (χ3v) is 4.10. The molecule has 0 saturated heterocycles. The number of halogens is 2. The van der Waals surface area contributed by atoms with Crippen LogP contribution in [-0.4, -0.2) is 9.38 Å². The van der Waals surface area contributed by atoms with Gasteiger partial charge < -0.3 is 4.40 Å². The van der Waals surface area contributed by atoms with E-state index in [1.165, 1.54) is 6.07 Å². The molecule has 96 valence electrons. The molecule has 0 atom stereocenters. The minimum absolute atomic E-state index is 0.246. The van der Waals surface area contributed by atoms with E-state index >= 15 is 0 Å². The van der Waals surface area contributed by atoms with E-state index in [2.05, 4.69) is 20.9 Å². The molecule has 0 fully saturated rings. The second-order valence-corrected chi connectivity index (χ2v) is 5.41. The van der Waals surface area contributed by atoms with E-state index in [9.17, 15) is 4.39 Å². The summed E-state index contributed by atoms with van der Waals surface area (Å²) >= 11 is 3.51. The SMILES string of the molecule is Cc1cc2nc(-c3ccccc3F)c(C)n2cc1Br. The summed E-state index contributed by atoms with van der Waals surface area (Å²) in [7, 11) is 0. The molecule has 0 aliphatic carbocycles. The summed E-state index contributed by atoms with van der Waals surface area (Å²) < 4.78 is 16.9. The van der Waals surface area contributed by atoms with Gasteiger partial charge in [0.25, 0.3) is 0 Å². The Labute approximate surface area is 119 Å². The van der Waals surface area contributed by atoms with Crippen molar-refractivity contribution in [2.45, 2.75) is 13.8 Å². The van der Waals surface area contributed by atoms with Crippen molar-refractivity contribution in [1.82, 2.24) is 9.38 Å². The topological polar surface area (TPSA) is 17.3 Å². The molecule has 2 nitrogen and oxygen atoms in total. The molecule has 4 heteroatoms. The number of aryl methyl sites for hydroxylation is 2. The van der Waals surface area contributed by atoms with Crippen molar-refractivity contribution >= 4 is 21.6 Å². The first kappa shape index (κ1) is 12.4. The van der Waals surface area contributed by atoms with Gasteiger partial charge in [0, 0.05) is 21.9 Å². The van der Waals surface area contributed by atoms with Crippen LogP contribution in [0.5, 0.6) is 0 Å². The molecule has 0 radical (unpaired) electrons. The summed E-state index contributed by atoms with van der Waals surface area (Å²) in [6.45, 7) is 3.96. The lowest BCUT2D eigenvalue weighted by atomic mass is 10.1. The van der Waals surface area contributed by atoms with Gasteiger partial charge in [-0.1, -0.05) is 12.1 Å². The minimum atomic E-state index is -0.246. The maximum absolute atomic E-state index is 13.9. The van der Waals surface area contributed by atoms with E-state index in [4.69, 9.17) is 0 Å². The molecule has 0 aliphatic heterocycles. The van der Waals surface area contributed by atoms with E-state index in [0.717, 1.165) is 21.4 Å². The fourth-order valence-corrected chi connectivity index (χ4v) is 2.51. The normalized spacial score (nSPS) is 11.2. The quantitative estimate of drug-likeness (QED) is 0.644. The van der Waals surface area contributed by atoms with Gasteiger partial charge in [0.1, 0.15) is 11.5 Å². The lowest BCUT2D eigenvalue weighted by Crippen LogP contribution is -1.90. The van der Waals surface area contributed by atoms with Gasteiger partial charge >= 0.3 is 0 Å². The smallest absolute Gasteiger partial charge is 0.137 e. The largest absolute Gasteiger partial charge is 0.303 e. The number of benzene rings is 1. The van der Waals surface area contributed by atoms with E-state index in [0.29, 0.717) is 11.3 Å². The van der Waals surface area contributed by atoms with Crippen LogP contribution in [0.15, 0.2) is 41.0 Å². The van der Waals surface area contributed by atoms with Crippen LogP contribution in [-0.2, 0) is 0 Å². The average Bonchev–Trinajstić information content (AvgIpc) is 2.68. The maximum Gasteiger partial charge on any atom is 0.137 e. The molecule has 0 bridgehead atoms. The van der Waals surface area contributed by atoms with Gasteiger partial charge in [0.05, 0.1) is 5.69 Å². The molecular formula is C15H12BrFN2. The second kappa shape index (κ2) is 4.46. The van der Waals surface area contributed by atoms with Crippen LogP contribution in [0.3, 0.4) is 0 Å². The van der Waals surface area contributed by atoms with Crippen LogP contribution in [0.25, 0.3) is 16.9 Å². The van der Waals surface area contributed by atoms with Gasteiger partial charge in [-0.3, -0.25) is 0 Å². The van der Waals surface area contributed by atoms with Gasteiger partial charge in [0.15, 0.2) is 0 Å². The third-order valence-electron chi connectivity index (χ3n) is 3.27. The first-order chi connectivity index (χ1) is 9.08. The number of hydrogen-bond donors (Lipinski definition) is 0. The van der Waals surface area contributed by atoms with E-state index < -0.39 is 0 Å². The van der Waals surface area contributed by atoms with E-state index in [-0.39, 0.29) is 5.82 Å². The van der Waals surface area contributed by atoms with Crippen molar-refractivity contribution < 1.29 is 4.39 Å². The van der Waals surface area contributed by atoms with Gasteiger partial charge in [0.2, 0.25) is 0 Å². The van der Waals surface area contributed by atoms with Crippen molar-refractivity contribution in [2.24, 2.45) is 0 Å². The number of aromatic nitrogens is 2. The molecule has 19 heavy (non-hydrogen) atoms. The van der Waals surface area contributed by atoms with Crippen molar-refractivity contribution in [3.8, 4) is 11.3 Å². The van der Waals surface area contributed by atoms with Crippen LogP contribution in [0.1, 0.15) is 11.3 Å². The standard InChI is InChI=1S/C15H12BrFN2/c1-9-7-14-18-15(10(2)19(14)8-12(9)16)11-5-3-4-6-13(11)17/h3-8H,1-2H3. The summed E-state index contributed by atoms with van der Waals surface area (Å²) in [6.07, 6.45) is 1.97. The number of imidazole rings is 1. The molecule has 2 heterocycles. The molecule has 0 saturated carbocycles. The lowest BCUT2D eigenvalue weighted by molar-refractivity contribution is 0.630. The summed E-state index contributed by atoms with van der Waals surface area (Å²) in [6, 6.07) is 8.71. The number of fused-ring (bicyclic) bond motifs is 1. The van der Waals surface area contributed by atoms with Crippen LogP contribution in [0.4, 0.5) is 4.39 Å². The van der Waals surface area contributed by atoms with Crippen molar-refractivity contribution in [2.75, 3.05) is 0 Å². The highest BCUT2D eigenvalue weighted by molar-refractivity contribution is 9.10. The zero-order valence-electron chi connectivity index (χ0n) is 10.6. The predicted molar refractivity (Wildman–Crippen MR) is 77.8 cm³/mol. The maximum atomic E-state index is 13.9. The van der Waals surface area contributed by atoms with Crippen LogP contribution < -0.4 is 0 Å². The van der Waals surface area contributed by atoms with Crippen molar-refractivity contribution in [3.05, 3.63) is 58.1 Å². The average molecular weight is 319 g/mol. The van der Waals surface area contributed by atoms with Gasteiger partial charge in [-0.15, -0.1) is 0 Å². The van der Waals surface area contributed by atoms with Crippen LogP contribution in [0, 0.1) is 19.7 Å². The Kier molecular flexibility index (Phi) is 2.90. The zero-order valence-corrected chi connectivity index (χ0v) is 12.2. The summed E-state index contributed by atoms with van der Waals surface area (Å²) in [5, 5.41) is 0. The molecule has 0 N–H and O–H groups in total. The Hall–Kier alpha value is -1.68. The van der Waals surface area contributed by atoms with Crippen molar-refractivity contribution in [1.29, 1.82) is 0 Å². The van der Waals surface area contributed by atoms with Gasteiger partial charge in [-0.05, 0) is 53.5 Å². The molecule has 0 spiro atoms. The Morgan fingerprint density at radius 1 is 1.21 bits per heavy atom. The van der Waals surface area contributed by atoms with Crippen LogP contribution in [0.2, 0.25) is 0 Å². The molecule has 2 aromatic heterocycles. The molecule has 0 amide bonds. The fraction of sp³-hybridized carbons (Fsp3) is 0.133. The molecule has 3 aromatic rings. The molecule has 0 unspecified atom stereocenters. The van der Waals surface area contributed by atoms with Gasteiger partial charge in [-0.2, -0.15) is 0 Å². The van der Waals surface area contributed by atoms with Crippen LogP contribution >= 0.6 is 15.9 Å². The Morgan fingerprint density at radius 3 is 2.68 bits per heavy atom. The number of nitrogens with zero attached hydrogens (tertiary/aromatic N) is 2. The van der Waals surface area contributed by atoms with Gasteiger partial charge in [-0.25, -0.2) is 9.37 Å².